The topological polar surface area (TPSA) is 67.9 Å². The number of amides is 2. The zero-order chi connectivity index (χ0) is 22.4. The molecule has 166 valence electrons. The molecule has 0 spiro atoms. The summed E-state index contributed by atoms with van der Waals surface area (Å²) in [6.07, 6.45) is 0.327. The number of likely N-dealkylation sites (tertiary alicyclic amines) is 1. The van der Waals surface area contributed by atoms with E-state index in [1.54, 1.807) is 19.1 Å². The molecule has 0 saturated carbocycles. The molecule has 1 aliphatic heterocycles. The summed E-state index contributed by atoms with van der Waals surface area (Å²) in [7, 11) is 3.22. The fraction of sp³-hybridized carbons (Fsp3) is 0.440. The van der Waals surface area contributed by atoms with Crippen LogP contribution in [0.25, 0.3) is 0 Å². The Kier molecular flexibility index (Phi) is 7.55. The van der Waals surface area contributed by atoms with Gasteiger partial charge in [0.25, 0.3) is 0 Å². The highest BCUT2D eigenvalue weighted by Gasteiger charge is 2.41. The first-order chi connectivity index (χ1) is 14.9. The van der Waals surface area contributed by atoms with Gasteiger partial charge in [-0.15, -0.1) is 0 Å². The van der Waals surface area contributed by atoms with E-state index in [-0.39, 0.29) is 23.7 Å². The van der Waals surface area contributed by atoms with E-state index in [9.17, 15) is 9.59 Å². The van der Waals surface area contributed by atoms with Crippen molar-refractivity contribution >= 4 is 11.8 Å². The van der Waals surface area contributed by atoms with Crippen molar-refractivity contribution in [1.29, 1.82) is 0 Å². The predicted octanol–water partition coefficient (Wildman–Crippen LogP) is 3.26. The highest BCUT2D eigenvalue weighted by molar-refractivity contribution is 5.84. The van der Waals surface area contributed by atoms with E-state index < -0.39 is 0 Å². The SMILES string of the molecule is COc1ccc([C@H]2CN(C(=O)Cc3ccccc3)C[C@@H]2C(=O)NCC(C)C)c(OC)c1. The number of carbonyl (C=O) groups is 2. The smallest absolute Gasteiger partial charge is 0.227 e. The van der Waals surface area contributed by atoms with Gasteiger partial charge in [-0.05, 0) is 17.5 Å². The van der Waals surface area contributed by atoms with Gasteiger partial charge in [-0.2, -0.15) is 0 Å². The number of nitrogens with one attached hydrogen (secondary N) is 1. The highest BCUT2D eigenvalue weighted by Crippen LogP contribution is 2.39. The first kappa shape index (κ1) is 22.7. The Morgan fingerprint density at radius 2 is 1.81 bits per heavy atom. The molecule has 2 aromatic rings. The summed E-state index contributed by atoms with van der Waals surface area (Å²) >= 11 is 0. The summed E-state index contributed by atoms with van der Waals surface area (Å²) in [4.78, 5) is 27.9. The number of hydrogen-bond donors (Lipinski definition) is 1. The Labute approximate surface area is 184 Å². The summed E-state index contributed by atoms with van der Waals surface area (Å²) in [5.41, 5.74) is 1.89. The Hall–Kier alpha value is -3.02. The van der Waals surface area contributed by atoms with E-state index in [0.29, 0.717) is 43.5 Å². The number of methoxy groups -OCH3 is 2. The quantitative estimate of drug-likeness (QED) is 0.706. The largest absolute Gasteiger partial charge is 0.497 e. The molecule has 1 heterocycles. The number of carbonyl (C=O) groups excluding carboxylic acids is 2. The van der Waals surface area contributed by atoms with E-state index >= 15 is 0 Å². The van der Waals surface area contributed by atoms with Gasteiger partial charge in [-0.3, -0.25) is 9.59 Å². The lowest BCUT2D eigenvalue weighted by Gasteiger charge is -2.21. The Morgan fingerprint density at radius 1 is 1.06 bits per heavy atom. The maximum absolute atomic E-state index is 13.1. The molecule has 1 saturated heterocycles. The van der Waals surface area contributed by atoms with Crippen molar-refractivity contribution < 1.29 is 19.1 Å². The molecule has 6 nitrogen and oxygen atoms in total. The lowest BCUT2D eigenvalue weighted by molar-refractivity contribution is -0.130. The standard InChI is InChI=1S/C25H32N2O4/c1-17(2)14-26-25(29)22-16-27(24(28)12-18-8-6-5-7-9-18)15-21(22)20-11-10-19(30-3)13-23(20)31-4/h5-11,13,17,21-22H,12,14-16H2,1-4H3,(H,26,29)/t21-,22+/m1/s1. The molecule has 0 radical (unpaired) electrons. The summed E-state index contributed by atoms with van der Waals surface area (Å²) in [5, 5.41) is 3.05. The van der Waals surface area contributed by atoms with Gasteiger partial charge in [0.05, 0.1) is 26.6 Å². The van der Waals surface area contributed by atoms with Crippen LogP contribution in [0.15, 0.2) is 48.5 Å². The molecule has 2 aromatic carbocycles. The van der Waals surface area contributed by atoms with Gasteiger partial charge in [0.15, 0.2) is 0 Å². The van der Waals surface area contributed by atoms with Gasteiger partial charge in [-0.25, -0.2) is 0 Å². The molecule has 0 aliphatic carbocycles. The molecule has 0 bridgehead atoms. The minimum absolute atomic E-state index is 0.0217. The molecule has 6 heteroatoms. The van der Waals surface area contributed by atoms with Crippen molar-refractivity contribution in [3.8, 4) is 11.5 Å². The van der Waals surface area contributed by atoms with E-state index in [1.807, 2.05) is 48.5 Å². The van der Waals surface area contributed by atoms with Crippen LogP contribution in [0, 0.1) is 11.8 Å². The maximum Gasteiger partial charge on any atom is 0.227 e. The second kappa shape index (κ2) is 10.3. The average molecular weight is 425 g/mol. The van der Waals surface area contributed by atoms with E-state index in [0.717, 1.165) is 11.1 Å². The fourth-order valence-electron chi connectivity index (χ4n) is 4.03. The second-order valence-electron chi connectivity index (χ2n) is 8.42. The van der Waals surface area contributed by atoms with E-state index in [4.69, 9.17) is 9.47 Å². The lowest BCUT2D eigenvalue weighted by atomic mass is 9.87. The van der Waals surface area contributed by atoms with E-state index in [1.165, 1.54) is 0 Å². The van der Waals surface area contributed by atoms with Crippen LogP contribution in [0.3, 0.4) is 0 Å². The fourth-order valence-corrected chi connectivity index (χ4v) is 4.03. The summed E-state index contributed by atoms with van der Waals surface area (Å²) in [5.74, 6) is 1.25. The molecule has 2 amide bonds. The number of nitrogens with zero attached hydrogens (tertiary/aromatic N) is 1. The Balaban J connectivity index is 1.85. The molecule has 2 atom stereocenters. The minimum atomic E-state index is -0.333. The van der Waals surface area contributed by atoms with Crippen LogP contribution in [0.1, 0.15) is 30.9 Å². The Bertz CT molecular complexity index is 898. The van der Waals surface area contributed by atoms with Crippen LogP contribution < -0.4 is 14.8 Å². The summed E-state index contributed by atoms with van der Waals surface area (Å²) in [6.45, 7) is 5.62. The maximum atomic E-state index is 13.1. The van der Waals surface area contributed by atoms with Gasteiger partial charge in [0.1, 0.15) is 11.5 Å². The van der Waals surface area contributed by atoms with Gasteiger partial charge in [0, 0.05) is 37.2 Å². The van der Waals surface area contributed by atoms with Crippen molar-refractivity contribution in [2.24, 2.45) is 11.8 Å². The lowest BCUT2D eigenvalue weighted by Crippen LogP contribution is -2.37. The second-order valence-corrected chi connectivity index (χ2v) is 8.42. The molecule has 31 heavy (non-hydrogen) atoms. The first-order valence-corrected chi connectivity index (χ1v) is 10.7. The molecule has 3 rings (SSSR count). The van der Waals surface area contributed by atoms with Crippen LogP contribution in [0.2, 0.25) is 0 Å². The third-order valence-electron chi connectivity index (χ3n) is 5.73. The van der Waals surface area contributed by atoms with E-state index in [2.05, 4.69) is 19.2 Å². The molecule has 0 unspecified atom stereocenters. The molecule has 1 fully saturated rings. The minimum Gasteiger partial charge on any atom is -0.497 e. The number of benzene rings is 2. The third kappa shape index (κ3) is 5.57. The first-order valence-electron chi connectivity index (χ1n) is 10.7. The normalized spacial score (nSPS) is 18.2. The monoisotopic (exact) mass is 424 g/mol. The molecular weight excluding hydrogens is 392 g/mol. The van der Waals surface area contributed by atoms with Crippen molar-refractivity contribution in [3.63, 3.8) is 0 Å². The number of hydrogen-bond acceptors (Lipinski definition) is 4. The van der Waals surface area contributed by atoms with Crippen LogP contribution in [0.4, 0.5) is 0 Å². The van der Waals surface area contributed by atoms with Gasteiger partial charge >= 0.3 is 0 Å². The van der Waals surface area contributed by atoms with Crippen LogP contribution in [0.5, 0.6) is 11.5 Å². The van der Waals surface area contributed by atoms with Gasteiger partial charge in [0.2, 0.25) is 11.8 Å². The van der Waals surface area contributed by atoms with Crippen LogP contribution in [-0.4, -0.2) is 50.6 Å². The molecule has 1 N–H and O–H groups in total. The zero-order valence-corrected chi connectivity index (χ0v) is 18.8. The summed E-state index contributed by atoms with van der Waals surface area (Å²) < 4.78 is 10.9. The van der Waals surface area contributed by atoms with Crippen LogP contribution in [-0.2, 0) is 16.0 Å². The number of ether oxygens (including phenoxy) is 2. The molecule has 1 aliphatic rings. The van der Waals surface area contributed by atoms with Crippen molar-refractivity contribution in [2.45, 2.75) is 26.2 Å². The summed E-state index contributed by atoms with van der Waals surface area (Å²) in [6, 6.07) is 15.3. The Morgan fingerprint density at radius 3 is 2.45 bits per heavy atom. The number of rotatable bonds is 8. The van der Waals surface area contributed by atoms with Gasteiger partial charge < -0.3 is 19.7 Å². The van der Waals surface area contributed by atoms with Gasteiger partial charge in [-0.1, -0.05) is 50.2 Å². The molecular formula is C25H32N2O4. The van der Waals surface area contributed by atoms with Crippen molar-refractivity contribution in [2.75, 3.05) is 33.9 Å². The zero-order valence-electron chi connectivity index (χ0n) is 18.8. The van der Waals surface area contributed by atoms with Crippen LogP contribution >= 0.6 is 0 Å². The van der Waals surface area contributed by atoms with Crippen molar-refractivity contribution in [1.82, 2.24) is 10.2 Å². The van der Waals surface area contributed by atoms with Crippen molar-refractivity contribution in [3.05, 3.63) is 59.7 Å². The third-order valence-corrected chi connectivity index (χ3v) is 5.73. The molecule has 0 aromatic heterocycles. The highest BCUT2D eigenvalue weighted by atomic mass is 16.5. The average Bonchev–Trinajstić information content (AvgIpc) is 3.23. The predicted molar refractivity (Wildman–Crippen MR) is 120 cm³/mol.